The van der Waals surface area contributed by atoms with Crippen LogP contribution in [0, 0.1) is 0 Å². The van der Waals surface area contributed by atoms with Gasteiger partial charge in [0.1, 0.15) is 12.4 Å². The maximum Gasteiger partial charge on any atom is 0.310 e. The van der Waals surface area contributed by atoms with Gasteiger partial charge in [0.25, 0.3) is 0 Å². The van der Waals surface area contributed by atoms with E-state index in [-0.39, 0.29) is 25.5 Å². The summed E-state index contributed by atoms with van der Waals surface area (Å²) in [5.74, 6) is 0.441. The van der Waals surface area contributed by atoms with E-state index in [2.05, 4.69) is 10.0 Å². The minimum absolute atomic E-state index is 0.177. The van der Waals surface area contributed by atoms with Crippen LogP contribution >= 0.6 is 0 Å². The van der Waals surface area contributed by atoms with Crippen LogP contribution in [-0.2, 0) is 16.0 Å². The lowest BCUT2D eigenvalue weighted by Gasteiger charge is -2.03. The highest BCUT2D eigenvalue weighted by atomic mass is 16.5. The molecule has 0 fully saturated rings. The van der Waals surface area contributed by atoms with Gasteiger partial charge in [0.15, 0.2) is 0 Å². The van der Waals surface area contributed by atoms with E-state index in [9.17, 15) is 4.79 Å². The molecule has 1 aromatic rings. The average molecular weight is 261 g/mol. The molecule has 0 spiro atoms. The van der Waals surface area contributed by atoms with Gasteiger partial charge in [-0.2, -0.15) is 0 Å². The molecule has 0 atom stereocenters. The SMILES string of the molecule is COc1ccc(CC(=O)OC/C=C\CN=[N+]=[N-])cc1. The minimum atomic E-state index is -0.307. The Morgan fingerprint density at radius 3 is 2.74 bits per heavy atom. The Hall–Kier alpha value is -2.46. The predicted molar refractivity (Wildman–Crippen MR) is 70.8 cm³/mol. The minimum Gasteiger partial charge on any atom is -0.497 e. The lowest BCUT2D eigenvalue weighted by Crippen LogP contribution is -2.07. The molecule has 0 unspecified atom stereocenters. The Morgan fingerprint density at radius 2 is 2.11 bits per heavy atom. The fraction of sp³-hybridized carbons (Fsp3) is 0.308. The summed E-state index contributed by atoms with van der Waals surface area (Å²) in [4.78, 5) is 14.1. The maximum absolute atomic E-state index is 11.5. The Morgan fingerprint density at radius 1 is 1.37 bits per heavy atom. The second-order valence-electron chi connectivity index (χ2n) is 3.59. The molecule has 1 aromatic carbocycles. The van der Waals surface area contributed by atoms with E-state index < -0.39 is 0 Å². The molecular weight excluding hydrogens is 246 g/mol. The van der Waals surface area contributed by atoms with Crippen LogP contribution in [0.5, 0.6) is 5.75 Å². The molecule has 6 heteroatoms. The number of methoxy groups -OCH3 is 1. The lowest BCUT2D eigenvalue weighted by molar-refractivity contribution is -0.141. The van der Waals surface area contributed by atoms with E-state index in [1.54, 1.807) is 31.4 Å². The molecule has 0 saturated carbocycles. The Bertz CT molecular complexity index is 476. The van der Waals surface area contributed by atoms with Crippen molar-refractivity contribution in [3.63, 3.8) is 0 Å². The van der Waals surface area contributed by atoms with Crippen molar-refractivity contribution >= 4 is 5.97 Å². The summed E-state index contributed by atoms with van der Waals surface area (Å²) in [6.45, 7) is 0.433. The topological polar surface area (TPSA) is 84.3 Å². The van der Waals surface area contributed by atoms with Crippen molar-refractivity contribution in [2.75, 3.05) is 20.3 Å². The molecule has 0 aromatic heterocycles. The van der Waals surface area contributed by atoms with E-state index in [1.807, 2.05) is 12.1 Å². The number of rotatable bonds is 7. The smallest absolute Gasteiger partial charge is 0.310 e. The fourth-order valence-electron chi connectivity index (χ4n) is 1.33. The van der Waals surface area contributed by atoms with E-state index >= 15 is 0 Å². The van der Waals surface area contributed by atoms with E-state index in [1.165, 1.54) is 0 Å². The van der Waals surface area contributed by atoms with Crippen LogP contribution in [0.15, 0.2) is 41.5 Å². The van der Waals surface area contributed by atoms with Crippen LogP contribution in [0.3, 0.4) is 0 Å². The van der Waals surface area contributed by atoms with Crippen molar-refractivity contribution in [1.29, 1.82) is 0 Å². The maximum atomic E-state index is 11.5. The molecule has 0 radical (unpaired) electrons. The number of azide groups is 1. The summed E-state index contributed by atoms with van der Waals surface area (Å²) in [6.07, 6.45) is 3.50. The van der Waals surface area contributed by atoms with Crippen molar-refractivity contribution in [3.8, 4) is 5.75 Å². The number of esters is 1. The van der Waals surface area contributed by atoms with Gasteiger partial charge in [-0.05, 0) is 23.2 Å². The molecule has 0 bridgehead atoms. The highest BCUT2D eigenvalue weighted by molar-refractivity contribution is 5.72. The standard InChI is InChI=1S/C13H15N3O3/c1-18-12-6-4-11(5-7-12)10-13(17)19-9-3-2-8-15-16-14/h2-7H,8-10H2,1H3/b3-2-. The third-order valence-corrected chi connectivity index (χ3v) is 2.27. The summed E-state index contributed by atoms with van der Waals surface area (Å²) in [6, 6.07) is 7.22. The normalized spacial score (nSPS) is 9.95. The monoisotopic (exact) mass is 261 g/mol. The Balaban J connectivity index is 2.30. The molecule has 0 aliphatic carbocycles. The number of carbonyl (C=O) groups is 1. The number of carbonyl (C=O) groups excluding carboxylic acids is 1. The molecule has 0 amide bonds. The zero-order valence-electron chi connectivity index (χ0n) is 10.7. The molecule has 6 nitrogen and oxygen atoms in total. The molecular formula is C13H15N3O3. The summed E-state index contributed by atoms with van der Waals surface area (Å²) in [5.41, 5.74) is 8.91. The average Bonchev–Trinajstić information content (AvgIpc) is 2.43. The second kappa shape index (κ2) is 8.60. The molecule has 0 saturated heterocycles. The molecule has 19 heavy (non-hydrogen) atoms. The van der Waals surface area contributed by atoms with Crippen molar-refractivity contribution in [2.45, 2.75) is 6.42 Å². The Kier molecular flexibility index (Phi) is 6.61. The number of benzene rings is 1. The predicted octanol–water partition coefficient (Wildman–Crippen LogP) is 2.65. The first-order chi connectivity index (χ1) is 9.26. The molecule has 1 rings (SSSR count). The first-order valence-corrected chi connectivity index (χ1v) is 5.70. The van der Waals surface area contributed by atoms with E-state index in [0.29, 0.717) is 0 Å². The van der Waals surface area contributed by atoms with Gasteiger partial charge in [-0.1, -0.05) is 29.4 Å². The van der Waals surface area contributed by atoms with Crippen LogP contribution in [-0.4, -0.2) is 26.2 Å². The zero-order valence-corrected chi connectivity index (χ0v) is 10.7. The molecule has 0 aliphatic heterocycles. The van der Waals surface area contributed by atoms with E-state index in [4.69, 9.17) is 15.0 Å². The van der Waals surface area contributed by atoms with Crippen LogP contribution < -0.4 is 4.74 Å². The summed E-state index contributed by atoms with van der Waals surface area (Å²) >= 11 is 0. The first kappa shape index (κ1) is 14.6. The van der Waals surface area contributed by atoms with Crippen LogP contribution in [0.25, 0.3) is 10.4 Å². The van der Waals surface area contributed by atoms with Crippen molar-refractivity contribution in [2.24, 2.45) is 5.11 Å². The summed E-state index contributed by atoms with van der Waals surface area (Å²) in [7, 11) is 1.59. The van der Waals surface area contributed by atoms with Crippen LogP contribution in [0.4, 0.5) is 0 Å². The zero-order chi connectivity index (χ0) is 13.9. The second-order valence-corrected chi connectivity index (χ2v) is 3.59. The van der Waals surface area contributed by atoms with Crippen LogP contribution in [0.2, 0.25) is 0 Å². The van der Waals surface area contributed by atoms with Crippen molar-refractivity contribution in [3.05, 3.63) is 52.4 Å². The lowest BCUT2D eigenvalue weighted by atomic mass is 10.1. The summed E-state index contributed by atoms with van der Waals surface area (Å²) < 4.78 is 10.0. The third-order valence-electron chi connectivity index (χ3n) is 2.27. The molecule has 100 valence electrons. The highest BCUT2D eigenvalue weighted by Crippen LogP contribution is 2.11. The largest absolute Gasteiger partial charge is 0.497 e. The quantitative estimate of drug-likeness (QED) is 0.248. The number of hydrogen-bond donors (Lipinski definition) is 0. The molecule has 0 heterocycles. The molecule has 0 aliphatic rings. The van der Waals surface area contributed by atoms with Gasteiger partial charge in [0.2, 0.25) is 0 Å². The fourth-order valence-corrected chi connectivity index (χ4v) is 1.33. The van der Waals surface area contributed by atoms with Gasteiger partial charge in [-0.3, -0.25) is 4.79 Å². The van der Waals surface area contributed by atoms with Crippen molar-refractivity contribution in [1.82, 2.24) is 0 Å². The summed E-state index contributed by atoms with van der Waals surface area (Å²) in [5, 5.41) is 3.31. The third kappa shape index (κ3) is 6.14. The Labute approximate surface area is 111 Å². The van der Waals surface area contributed by atoms with Gasteiger partial charge >= 0.3 is 5.97 Å². The number of ether oxygens (including phenoxy) is 2. The first-order valence-electron chi connectivity index (χ1n) is 5.70. The molecule has 0 N–H and O–H groups in total. The van der Waals surface area contributed by atoms with Gasteiger partial charge in [-0.25, -0.2) is 0 Å². The van der Waals surface area contributed by atoms with Gasteiger partial charge in [-0.15, -0.1) is 0 Å². The van der Waals surface area contributed by atoms with Crippen molar-refractivity contribution < 1.29 is 14.3 Å². The van der Waals surface area contributed by atoms with Crippen LogP contribution in [0.1, 0.15) is 5.56 Å². The number of nitrogens with zero attached hydrogens (tertiary/aromatic N) is 3. The number of hydrogen-bond acceptors (Lipinski definition) is 4. The van der Waals surface area contributed by atoms with E-state index in [0.717, 1.165) is 11.3 Å². The highest BCUT2D eigenvalue weighted by Gasteiger charge is 2.03. The van der Waals surface area contributed by atoms with Gasteiger partial charge in [0, 0.05) is 11.5 Å². The van der Waals surface area contributed by atoms with Gasteiger partial charge in [0.05, 0.1) is 13.5 Å². The van der Waals surface area contributed by atoms with Gasteiger partial charge < -0.3 is 9.47 Å².